The van der Waals surface area contributed by atoms with E-state index < -0.39 is 0 Å². The van der Waals surface area contributed by atoms with Crippen LogP contribution in [0.5, 0.6) is 0 Å². The molecule has 3 aromatic rings. The summed E-state index contributed by atoms with van der Waals surface area (Å²) in [5.41, 5.74) is 6.29. The van der Waals surface area contributed by atoms with Crippen molar-refractivity contribution in [3.63, 3.8) is 0 Å². The van der Waals surface area contributed by atoms with Crippen molar-refractivity contribution in [2.24, 2.45) is 0 Å². The molecule has 2 amide bonds. The van der Waals surface area contributed by atoms with Gasteiger partial charge >= 0.3 is 0 Å². The molecule has 0 spiro atoms. The number of carbonyl (C=O) groups excluding carboxylic acids is 2. The first-order valence-electron chi connectivity index (χ1n) is 8.49. The lowest BCUT2D eigenvalue weighted by Crippen LogP contribution is -2.14. The fraction of sp³-hybridized carbons (Fsp3) is 0.238. The van der Waals surface area contributed by atoms with Gasteiger partial charge in [0.2, 0.25) is 11.8 Å². The second-order valence-electron chi connectivity index (χ2n) is 6.58. The van der Waals surface area contributed by atoms with Gasteiger partial charge in [-0.3, -0.25) is 9.59 Å². The number of aryl methyl sites for hydroxylation is 3. The molecule has 3 rings (SSSR count). The van der Waals surface area contributed by atoms with Crippen LogP contribution in [-0.2, 0) is 16.0 Å². The van der Waals surface area contributed by atoms with Gasteiger partial charge in [0.1, 0.15) is 5.58 Å². The van der Waals surface area contributed by atoms with Crippen molar-refractivity contribution in [1.29, 1.82) is 0 Å². The molecule has 0 aliphatic rings. The molecule has 0 aliphatic heterocycles. The highest BCUT2D eigenvalue weighted by molar-refractivity contribution is 5.96. The maximum atomic E-state index is 12.4. The zero-order valence-electron chi connectivity index (χ0n) is 15.4. The summed E-state index contributed by atoms with van der Waals surface area (Å²) in [7, 11) is 0. The highest BCUT2D eigenvalue weighted by Gasteiger charge is 2.13. The number of nitrogens with one attached hydrogen (secondary N) is 2. The molecule has 0 atom stereocenters. The van der Waals surface area contributed by atoms with Crippen LogP contribution in [0.15, 0.2) is 41.0 Å². The number of hydrogen-bond donors (Lipinski definition) is 2. The molecule has 5 nitrogen and oxygen atoms in total. The standard InChI is InChI=1S/C21H22N2O3/c1-12-5-7-18-16(11-26-21(18)14(12)3)10-20(25)23-17-6-8-19(13(2)9-17)22-15(4)24/h5-9,11H,10H2,1-4H3,(H,22,24)(H,23,25). The number of carbonyl (C=O) groups is 2. The molecule has 0 fully saturated rings. The van der Waals surface area contributed by atoms with E-state index in [4.69, 9.17) is 4.42 Å². The number of anilines is 2. The Morgan fingerprint density at radius 3 is 2.46 bits per heavy atom. The Kier molecular flexibility index (Phi) is 4.80. The summed E-state index contributed by atoms with van der Waals surface area (Å²) in [4.78, 5) is 23.6. The maximum absolute atomic E-state index is 12.4. The second-order valence-corrected chi connectivity index (χ2v) is 6.58. The van der Waals surface area contributed by atoms with Crippen molar-refractivity contribution >= 4 is 34.2 Å². The fourth-order valence-electron chi connectivity index (χ4n) is 2.97. The molecule has 0 bridgehead atoms. The lowest BCUT2D eigenvalue weighted by molar-refractivity contribution is -0.116. The molecule has 134 valence electrons. The summed E-state index contributed by atoms with van der Waals surface area (Å²) in [6.07, 6.45) is 1.89. The maximum Gasteiger partial charge on any atom is 0.228 e. The number of hydrogen-bond acceptors (Lipinski definition) is 3. The van der Waals surface area contributed by atoms with Crippen molar-refractivity contribution in [2.75, 3.05) is 10.6 Å². The first-order valence-corrected chi connectivity index (χ1v) is 8.49. The van der Waals surface area contributed by atoms with Crippen LogP contribution in [0.3, 0.4) is 0 Å². The molecule has 2 aromatic carbocycles. The molecule has 2 N–H and O–H groups in total. The van der Waals surface area contributed by atoms with Gasteiger partial charge in [-0.15, -0.1) is 0 Å². The molecular formula is C21H22N2O3. The summed E-state index contributed by atoms with van der Waals surface area (Å²) < 4.78 is 5.66. The van der Waals surface area contributed by atoms with E-state index in [-0.39, 0.29) is 18.2 Å². The van der Waals surface area contributed by atoms with Gasteiger partial charge in [0.15, 0.2) is 0 Å². The third-order valence-electron chi connectivity index (χ3n) is 4.51. The van der Waals surface area contributed by atoms with Gasteiger partial charge in [-0.2, -0.15) is 0 Å². The topological polar surface area (TPSA) is 71.3 Å². The van der Waals surface area contributed by atoms with Crippen LogP contribution in [0, 0.1) is 20.8 Å². The van der Waals surface area contributed by atoms with Crippen molar-refractivity contribution in [3.05, 3.63) is 58.8 Å². The number of rotatable bonds is 4. The van der Waals surface area contributed by atoms with Gasteiger partial charge in [0.05, 0.1) is 12.7 Å². The summed E-state index contributed by atoms with van der Waals surface area (Å²) in [6, 6.07) is 9.43. The van der Waals surface area contributed by atoms with Gasteiger partial charge in [-0.05, 0) is 55.7 Å². The zero-order valence-corrected chi connectivity index (χ0v) is 15.4. The lowest BCUT2D eigenvalue weighted by atomic mass is 10.0. The highest BCUT2D eigenvalue weighted by Crippen LogP contribution is 2.27. The normalized spacial score (nSPS) is 10.8. The summed E-state index contributed by atoms with van der Waals surface area (Å²) in [5, 5.41) is 6.63. The van der Waals surface area contributed by atoms with Gasteiger partial charge in [-0.25, -0.2) is 0 Å². The minimum atomic E-state index is -0.123. The van der Waals surface area contributed by atoms with Crippen LogP contribution >= 0.6 is 0 Å². The molecular weight excluding hydrogens is 328 g/mol. The minimum Gasteiger partial charge on any atom is -0.464 e. The predicted octanol–water partition coefficient (Wildman–Crippen LogP) is 4.50. The van der Waals surface area contributed by atoms with E-state index in [9.17, 15) is 9.59 Å². The van der Waals surface area contributed by atoms with E-state index in [1.165, 1.54) is 6.92 Å². The molecule has 5 heteroatoms. The number of furan rings is 1. The average Bonchev–Trinajstić information content (AvgIpc) is 2.96. The monoisotopic (exact) mass is 350 g/mol. The molecule has 1 heterocycles. The highest BCUT2D eigenvalue weighted by atomic mass is 16.3. The van der Waals surface area contributed by atoms with E-state index in [2.05, 4.69) is 10.6 Å². The van der Waals surface area contributed by atoms with Crippen molar-refractivity contribution in [1.82, 2.24) is 0 Å². The molecule has 0 unspecified atom stereocenters. The Balaban J connectivity index is 1.74. The summed E-state index contributed by atoms with van der Waals surface area (Å²) in [5.74, 6) is -0.236. The molecule has 0 aliphatic carbocycles. The van der Waals surface area contributed by atoms with Gasteiger partial charge in [-0.1, -0.05) is 12.1 Å². The molecule has 0 saturated heterocycles. The molecule has 0 radical (unpaired) electrons. The minimum absolute atomic E-state index is 0.113. The van der Waals surface area contributed by atoms with Crippen molar-refractivity contribution in [3.8, 4) is 0 Å². The number of amides is 2. The van der Waals surface area contributed by atoms with Crippen LogP contribution < -0.4 is 10.6 Å². The lowest BCUT2D eigenvalue weighted by Gasteiger charge is -2.10. The average molecular weight is 350 g/mol. The van der Waals surface area contributed by atoms with E-state index in [1.54, 1.807) is 18.4 Å². The third-order valence-corrected chi connectivity index (χ3v) is 4.51. The van der Waals surface area contributed by atoms with E-state index in [1.807, 2.05) is 39.0 Å². The SMILES string of the molecule is CC(=O)Nc1ccc(NC(=O)Cc2coc3c(C)c(C)ccc23)cc1C. The van der Waals surface area contributed by atoms with Crippen molar-refractivity contribution < 1.29 is 14.0 Å². The quantitative estimate of drug-likeness (QED) is 0.728. The number of fused-ring (bicyclic) bond motifs is 1. The van der Waals surface area contributed by atoms with Gasteiger partial charge < -0.3 is 15.1 Å². The Morgan fingerprint density at radius 1 is 1.00 bits per heavy atom. The predicted molar refractivity (Wildman–Crippen MR) is 104 cm³/mol. The number of benzene rings is 2. The molecule has 26 heavy (non-hydrogen) atoms. The Bertz CT molecular complexity index is 1000. The Labute approximate surface area is 152 Å². The second kappa shape index (κ2) is 7.04. The van der Waals surface area contributed by atoms with Gasteiger partial charge in [0, 0.05) is 29.2 Å². The zero-order chi connectivity index (χ0) is 18.8. The third kappa shape index (κ3) is 3.61. The Hall–Kier alpha value is -3.08. The first kappa shape index (κ1) is 17.7. The van der Waals surface area contributed by atoms with E-state index >= 15 is 0 Å². The first-order chi connectivity index (χ1) is 12.3. The Morgan fingerprint density at radius 2 is 1.77 bits per heavy atom. The van der Waals surface area contributed by atoms with E-state index in [0.717, 1.165) is 38.9 Å². The molecule has 1 aromatic heterocycles. The van der Waals surface area contributed by atoms with Crippen LogP contribution in [0.4, 0.5) is 11.4 Å². The van der Waals surface area contributed by atoms with E-state index in [0.29, 0.717) is 5.69 Å². The van der Waals surface area contributed by atoms with Crippen LogP contribution in [-0.4, -0.2) is 11.8 Å². The summed E-state index contributed by atoms with van der Waals surface area (Å²) >= 11 is 0. The van der Waals surface area contributed by atoms with Gasteiger partial charge in [0.25, 0.3) is 0 Å². The van der Waals surface area contributed by atoms with Crippen molar-refractivity contribution in [2.45, 2.75) is 34.1 Å². The smallest absolute Gasteiger partial charge is 0.228 e. The fourth-order valence-corrected chi connectivity index (χ4v) is 2.97. The van der Waals surface area contributed by atoms with Crippen LogP contribution in [0.2, 0.25) is 0 Å². The molecule has 0 saturated carbocycles. The summed E-state index contributed by atoms with van der Waals surface area (Å²) in [6.45, 7) is 7.41. The van der Waals surface area contributed by atoms with Crippen LogP contribution in [0.1, 0.15) is 29.2 Å². The largest absolute Gasteiger partial charge is 0.464 e. The van der Waals surface area contributed by atoms with Crippen LogP contribution in [0.25, 0.3) is 11.0 Å².